The van der Waals surface area contributed by atoms with Crippen molar-refractivity contribution in [3.63, 3.8) is 0 Å². The highest BCUT2D eigenvalue weighted by atomic mass is 16.1. The van der Waals surface area contributed by atoms with E-state index >= 15 is 0 Å². The summed E-state index contributed by atoms with van der Waals surface area (Å²) in [4.78, 5) is 23.3. The van der Waals surface area contributed by atoms with Crippen molar-refractivity contribution in [1.29, 1.82) is 0 Å². The number of carbonyl (C=O) groups excluding carboxylic acids is 1. The molecule has 0 bridgehead atoms. The Hall–Kier alpha value is -2.43. The molecule has 1 atom stereocenters. The van der Waals surface area contributed by atoms with Gasteiger partial charge < -0.3 is 10.2 Å². The Kier molecular flexibility index (Phi) is 4.86. The van der Waals surface area contributed by atoms with E-state index in [9.17, 15) is 4.79 Å². The van der Waals surface area contributed by atoms with Crippen molar-refractivity contribution in [1.82, 2.24) is 15.3 Å². The Balaban J connectivity index is 1.67. The Morgan fingerprint density at radius 3 is 2.83 bits per heavy atom. The summed E-state index contributed by atoms with van der Waals surface area (Å²) in [6.07, 6.45) is 6.38. The number of carbonyl (C=O) groups is 1. The summed E-state index contributed by atoms with van der Waals surface area (Å²) in [5, 5.41) is 3.17. The maximum Gasteiger partial charge on any atom is 0.251 e. The van der Waals surface area contributed by atoms with E-state index in [2.05, 4.69) is 27.1 Å². The van der Waals surface area contributed by atoms with Crippen LogP contribution in [0.1, 0.15) is 35.7 Å². The normalized spacial score (nSPS) is 17.8. The molecule has 1 aromatic heterocycles. The van der Waals surface area contributed by atoms with Crippen molar-refractivity contribution in [3.8, 4) is 0 Å². The van der Waals surface area contributed by atoms with Gasteiger partial charge in [-0.25, -0.2) is 9.97 Å². The maximum absolute atomic E-state index is 12.6. The van der Waals surface area contributed by atoms with Crippen LogP contribution in [-0.2, 0) is 6.42 Å². The van der Waals surface area contributed by atoms with Crippen LogP contribution in [0, 0.1) is 0 Å². The first-order valence-corrected chi connectivity index (χ1v) is 8.18. The van der Waals surface area contributed by atoms with Gasteiger partial charge in [-0.05, 0) is 37.0 Å². The molecule has 0 aliphatic carbocycles. The van der Waals surface area contributed by atoms with Gasteiger partial charge in [-0.15, -0.1) is 0 Å². The lowest BCUT2D eigenvalue weighted by Gasteiger charge is -2.33. The van der Waals surface area contributed by atoms with E-state index in [-0.39, 0.29) is 11.9 Å². The summed E-state index contributed by atoms with van der Waals surface area (Å²) in [5.41, 5.74) is 1.87. The number of hydrogen-bond donors (Lipinski definition) is 1. The molecule has 0 saturated carbocycles. The third-order valence-electron chi connectivity index (χ3n) is 4.23. The van der Waals surface area contributed by atoms with Crippen molar-refractivity contribution in [2.45, 2.75) is 32.2 Å². The van der Waals surface area contributed by atoms with Crippen LogP contribution in [0.25, 0.3) is 0 Å². The lowest BCUT2D eigenvalue weighted by molar-refractivity contribution is 0.0932. The lowest BCUT2D eigenvalue weighted by Crippen LogP contribution is -2.48. The molecule has 2 aromatic rings. The van der Waals surface area contributed by atoms with Gasteiger partial charge in [0, 0.05) is 37.1 Å². The quantitative estimate of drug-likeness (QED) is 0.942. The highest BCUT2D eigenvalue weighted by molar-refractivity contribution is 5.95. The summed E-state index contributed by atoms with van der Waals surface area (Å²) in [7, 11) is 0. The van der Waals surface area contributed by atoms with Gasteiger partial charge in [0.25, 0.3) is 5.91 Å². The molecule has 0 unspecified atom stereocenters. The summed E-state index contributed by atoms with van der Waals surface area (Å²) in [6, 6.07) is 9.75. The zero-order valence-corrected chi connectivity index (χ0v) is 13.4. The summed E-state index contributed by atoms with van der Waals surface area (Å²) < 4.78 is 0. The van der Waals surface area contributed by atoms with Crippen molar-refractivity contribution < 1.29 is 4.79 Å². The van der Waals surface area contributed by atoms with Gasteiger partial charge in [-0.3, -0.25) is 4.79 Å². The molecule has 23 heavy (non-hydrogen) atoms. The minimum absolute atomic E-state index is 0.0169. The van der Waals surface area contributed by atoms with E-state index in [4.69, 9.17) is 0 Å². The number of aromatic nitrogens is 2. The molecule has 1 N–H and O–H groups in total. The topological polar surface area (TPSA) is 58.1 Å². The van der Waals surface area contributed by atoms with Crippen molar-refractivity contribution in [2.24, 2.45) is 0 Å². The number of benzene rings is 1. The molecule has 1 aliphatic heterocycles. The van der Waals surface area contributed by atoms with Gasteiger partial charge in [0.15, 0.2) is 0 Å². The highest BCUT2D eigenvalue weighted by Gasteiger charge is 2.23. The first-order chi connectivity index (χ1) is 11.3. The third kappa shape index (κ3) is 3.67. The summed E-state index contributed by atoms with van der Waals surface area (Å²) >= 11 is 0. The number of hydrogen-bond acceptors (Lipinski definition) is 4. The van der Waals surface area contributed by atoms with E-state index in [1.165, 1.54) is 0 Å². The fraction of sp³-hybridized carbons (Fsp3) is 0.389. The molecular formula is C18H22N4O. The standard InChI is InChI=1S/C18H22N4O/c1-2-14-7-3-4-9-16(14)17(23)21-15-8-5-12-22(13-15)18-19-10-6-11-20-18/h3-4,6-7,9-11,15H,2,5,8,12-13H2,1H3,(H,21,23)/t15-/m0/s1. The fourth-order valence-corrected chi connectivity index (χ4v) is 3.04. The molecule has 1 saturated heterocycles. The minimum Gasteiger partial charge on any atom is -0.348 e. The summed E-state index contributed by atoms with van der Waals surface area (Å²) in [6.45, 7) is 3.76. The van der Waals surface area contributed by atoms with E-state index in [0.717, 1.165) is 49.4 Å². The van der Waals surface area contributed by atoms with Gasteiger partial charge in [0.05, 0.1) is 0 Å². The number of rotatable bonds is 4. The van der Waals surface area contributed by atoms with Crippen LogP contribution in [0.2, 0.25) is 0 Å². The molecule has 0 spiro atoms. The second kappa shape index (κ2) is 7.22. The first kappa shape index (κ1) is 15.5. The number of piperidine rings is 1. The number of aryl methyl sites for hydroxylation is 1. The number of nitrogens with one attached hydrogen (secondary N) is 1. The third-order valence-corrected chi connectivity index (χ3v) is 4.23. The molecule has 5 heteroatoms. The van der Waals surface area contributed by atoms with Crippen LogP contribution in [0.4, 0.5) is 5.95 Å². The van der Waals surface area contributed by atoms with Crippen molar-refractivity contribution in [2.75, 3.05) is 18.0 Å². The van der Waals surface area contributed by atoms with Crippen LogP contribution in [0.3, 0.4) is 0 Å². The monoisotopic (exact) mass is 310 g/mol. The zero-order valence-electron chi connectivity index (χ0n) is 13.4. The first-order valence-electron chi connectivity index (χ1n) is 8.18. The number of nitrogens with zero attached hydrogens (tertiary/aromatic N) is 3. The molecule has 1 amide bonds. The van der Waals surface area contributed by atoms with Crippen molar-refractivity contribution >= 4 is 11.9 Å². The number of amides is 1. The molecule has 1 aliphatic rings. The van der Waals surface area contributed by atoms with Crippen LogP contribution >= 0.6 is 0 Å². The maximum atomic E-state index is 12.6. The van der Waals surface area contributed by atoms with Gasteiger partial charge in [0.1, 0.15) is 0 Å². The predicted octanol–water partition coefficient (Wildman–Crippen LogP) is 2.44. The summed E-state index contributed by atoms with van der Waals surface area (Å²) in [5.74, 6) is 0.753. The molecule has 0 radical (unpaired) electrons. The molecular weight excluding hydrogens is 288 g/mol. The Bertz CT molecular complexity index is 659. The van der Waals surface area contributed by atoms with Crippen LogP contribution in [0.15, 0.2) is 42.7 Å². The fourth-order valence-electron chi connectivity index (χ4n) is 3.04. The molecule has 3 rings (SSSR count). The van der Waals surface area contributed by atoms with Gasteiger partial charge >= 0.3 is 0 Å². The highest BCUT2D eigenvalue weighted by Crippen LogP contribution is 2.16. The lowest BCUT2D eigenvalue weighted by atomic mass is 10.0. The Morgan fingerprint density at radius 2 is 2.04 bits per heavy atom. The van der Waals surface area contributed by atoms with Gasteiger partial charge in [-0.2, -0.15) is 0 Å². The largest absolute Gasteiger partial charge is 0.348 e. The average Bonchev–Trinajstić information content (AvgIpc) is 2.62. The van der Waals surface area contributed by atoms with E-state index in [1.807, 2.05) is 30.3 Å². The molecule has 1 aromatic carbocycles. The Morgan fingerprint density at radius 1 is 1.26 bits per heavy atom. The van der Waals surface area contributed by atoms with E-state index in [1.54, 1.807) is 12.4 Å². The predicted molar refractivity (Wildman–Crippen MR) is 90.6 cm³/mol. The van der Waals surface area contributed by atoms with E-state index in [0.29, 0.717) is 0 Å². The smallest absolute Gasteiger partial charge is 0.251 e. The second-order valence-electron chi connectivity index (χ2n) is 5.82. The van der Waals surface area contributed by atoms with Crippen LogP contribution in [-0.4, -0.2) is 35.0 Å². The SMILES string of the molecule is CCc1ccccc1C(=O)N[C@H]1CCCN(c2ncccn2)C1. The van der Waals surface area contributed by atoms with Gasteiger partial charge in [-0.1, -0.05) is 25.1 Å². The molecule has 120 valence electrons. The van der Waals surface area contributed by atoms with Crippen molar-refractivity contribution in [3.05, 3.63) is 53.9 Å². The second-order valence-corrected chi connectivity index (χ2v) is 5.82. The minimum atomic E-state index is 0.0169. The van der Waals surface area contributed by atoms with Gasteiger partial charge in [0.2, 0.25) is 5.95 Å². The van der Waals surface area contributed by atoms with Crippen LogP contribution in [0.5, 0.6) is 0 Å². The van der Waals surface area contributed by atoms with Crippen LogP contribution < -0.4 is 10.2 Å². The zero-order chi connectivity index (χ0) is 16.1. The molecule has 1 fully saturated rings. The molecule has 5 nitrogen and oxygen atoms in total. The number of anilines is 1. The average molecular weight is 310 g/mol. The van der Waals surface area contributed by atoms with E-state index < -0.39 is 0 Å². The Labute approximate surface area is 136 Å². The molecule has 2 heterocycles.